The van der Waals surface area contributed by atoms with Crippen LogP contribution in [0.1, 0.15) is 5.56 Å². The standard InChI is InChI=1S/C18H19N5O4S/c1-28(26,27)16-4-2-3-15(17(16)18-20-22-23-21-18)13-7-5-12(6-8-13)9-19-10-14(25)11-24/h2-8,19,24H,9-11H2,1H3,(H,20,21,22,23). The van der Waals surface area contributed by atoms with Crippen molar-refractivity contribution in [2.75, 3.05) is 19.4 Å². The van der Waals surface area contributed by atoms with Crippen molar-refractivity contribution in [3.05, 3.63) is 48.0 Å². The summed E-state index contributed by atoms with van der Waals surface area (Å²) in [6.07, 6.45) is 1.14. The lowest BCUT2D eigenvalue weighted by Crippen LogP contribution is -2.24. The molecule has 0 bridgehead atoms. The van der Waals surface area contributed by atoms with Gasteiger partial charge in [-0.1, -0.05) is 36.4 Å². The van der Waals surface area contributed by atoms with Gasteiger partial charge in [0.25, 0.3) is 0 Å². The number of hydrogen-bond acceptors (Lipinski definition) is 8. The molecule has 28 heavy (non-hydrogen) atoms. The summed E-state index contributed by atoms with van der Waals surface area (Å²) >= 11 is 0. The van der Waals surface area contributed by atoms with E-state index in [0.29, 0.717) is 17.7 Å². The van der Waals surface area contributed by atoms with Gasteiger partial charge in [0.05, 0.1) is 11.4 Å². The monoisotopic (exact) mass is 401 g/mol. The Morgan fingerprint density at radius 2 is 1.93 bits per heavy atom. The molecule has 0 radical (unpaired) electrons. The van der Waals surface area contributed by atoms with Crippen molar-refractivity contribution in [1.82, 2.24) is 25.9 Å². The van der Waals surface area contributed by atoms with Crippen molar-refractivity contribution in [3.8, 4) is 22.5 Å². The zero-order valence-corrected chi connectivity index (χ0v) is 15.9. The van der Waals surface area contributed by atoms with E-state index in [-0.39, 0.29) is 23.0 Å². The molecule has 0 amide bonds. The molecule has 3 rings (SSSR count). The lowest BCUT2D eigenvalue weighted by Gasteiger charge is -2.12. The highest BCUT2D eigenvalue weighted by molar-refractivity contribution is 7.90. The minimum absolute atomic E-state index is 0.0939. The number of aromatic amines is 1. The largest absolute Gasteiger partial charge is 0.389 e. The molecule has 2 aromatic carbocycles. The van der Waals surface area contributed by atoms with Gasteiger partial charge in [0, 0.05) is 18.4 Å². The summed E-state index contributed by atoms with van der Waals surface area (Å²) in [5, 5.41) is 25.5. The lowest BCUT2D eigenvalue weighted by atomic mass is 9.98. The maximum atomic E-state index is 12.2. The zero-order chi connectivity index (χ0) is 20.1. The molecule has 0 atom stereocenters. The first-order valence-electron chi connectivity index (χ1n) is 8.39. The molecule has 0 saturated heterocycles. The van der Waals surface area contributed by atoms with Crippen molar-refractivity contribution in [2.24, 2.45) is 0 Å². The van der Waals surface area contributed by atoms with Crippen LogP contribution >= 0.6 is 0 Å². The number of nitrogens with zero attached hydrogens (tertiary/aromatic N) is 3. The third-order valence-corrected chi connectivity index (χ3v) is 5.23. The predicted molar refractivity (Wildman–Crippen MR) is 102 cm³/mol. The second-order valence-corrected chi connectivity index (χ2v) is 8.17. The summed E-state index contributed by atoms with van der Waals surface area (Å²) in [4.78, 5) is 11.2. The number of aromatic nitrogens is 4. The van der Waals surface area contributed by atoms with Crippen LogP contribution < -0.4 is 5.32 Å². The Hall–Kier alpha value is -2.95. The number of sulfone groups is 1. The summed E-state index contributed by atoms with van der Waals surface area (Å²) < 4.78 is 24.5. The van der Waals surface area contributed by atoms with Crippen LogP contribution in [0, 0.1) is 0 Å². The fourth-order valence-electron chi connectivity index (χ4n) is 2.78. The molecule has 0 unspecified atom stereocenters. The van der Waals surface area contributed by atoms with E-state index in [2.05, 4.69) is 25.9 Å². The third kappa shape index (κ3) is 4.47. The normalized spacial score (nSPS) is 11.5. The van der Waals surface area contributed by atoms with Crippen molar-refractivity contribution < 1.29 is 18.3 Å². The number of nitrogens with one attached hydrogen (secondary N) is 2. The number of rotatable bonds is 8. The van der Waals surface area contributed by atoms with E-state index >= 15 is 0 Å². The lowest BCUT2D eigenvalue weighted by molar-refractivity contribution is -0.120. The minimum atomic E-state index is -3.50. The third-order valence-electron chi connectivity index (χ3n) is 4.09. The molecule has 0 aliphatic rings. The molecule has 0 fully saturated rings. The van der Waals surface area contributed by atoms with Crippen LogP contribution in [0.2, 0.25) is 0 Å². The van der Waals surface area contributed by atoms with Gasteiger partial charge in [0.1, 0.15) is 6.61 Å². The minimum Gasteiger partial charge on any atom is -0.389 e. The Kier molecular flexibility index (Phi) is 5.93. The van der Waals surface area contributed by atoms with E-state index in [0.717, 1.165) is 17.4 Å². The SMILES string of the molecule is CS(=O)(=O)c1cccc(-c2ccc(CNCC(=O)CO)cc2)c1-c1nn[nH]n1. The molecule has 9 nitrogen and oxygen atoms in total. The highest BCUT2D eigenvalue weighted by Crippen LogP contribution is 2.35. The first kappa shape index (κ1) is 19.8. The van der Waals surface area contributed by atoms with E-state index in [1.165, 1.54) is 6.07 Å². The quantitative estimate of drug-likeness (QED) is 0.498. The smallest absolute Gasteiger partial charge is 0.206 e. The average molecular weight is 401 g/mol. The van der Waals surface area contributed by atoms with E-state index in [1.807, 2.05) is 24.3 Å². The number of aliphatic hydroxyl groups is 1. The van der Waals surface area contributed by atoms with Crippen molar-refractivity contribution in [1.29, 1.82) is 0 Å². The molecule has 0 saturated carbocycles. The number of Topliss-reactive ketones (excluding diaryl/α,β-unsaturated/α-hetero) is 1. The summed E-state index contributed by atoms with van der Waals surface area (Å²) in [7, 11) is -3.50. The number of hydrogen-bond donors (Lipinski definition) is 3. The Morgan fingerprint density at radius 1 is 1.18 bits per heavy atom. The van der Waals surface area contributed by atoms with Gasteiger partial charge in [-0.05, 0) is 28.0 Å². The highest BCUT2D eigenvalue weighted by atomic mass is 32.2. The number of carbonyl (C=O) groups is 1. The zero-order valence-electron chi connectivity index (χ0n) is 15.1. The first-order chi connectivity index (χ1) is 13.4. The Bertz CT molecular complexity index is 1060. The Labute approximate surface area is 161 Å². The molecule has 0 aliphatic carbocycles. The van der Waals surface area contributed by atoms with Gasteiger partial charge in [-0.15, -0.1) is 10.2 Å². The van der Waals surface area contributed by atoms with Crippen LogP contribution in [0.3, 0.4) is 0 Å². The van der Waals surface area contributed by atoms with Gasteiger partial charge in [-0.3, -0.25) is 4.79 Å². The number of H-pyrrole nitrogens is 1. The molecule has 10 heteroatoms. The number of tetrazole rings is 1. The Morgan fingerprint density at radius 3 is 2.54 bits per heavy atom. The van der Waals surface area contributed by atoms with Crippen LogP contribution in [-0.4, -0.2) is 59.3 Å². The number of carbonyl (C=O) groups excluding carboxylic acids is 1. The molecule has 0 spiro atoms. The van der Waals surface area contributed by atoms with E-state index < -0.39 is 16.4 Å². The van der Waals surface area contributed by atoms with Crippen molar-refractivity contribution in [3.63, 3.8) is 0 Å². The molecule has 3 aromatic rings. The van der Waals surface area contributed by atoms with Crippen LogP contribution in [0.25, 0.3) is 22.5 Å². The van der Waals surface area contributed by atoms with Crippen LogP contribution in [-0.2, 0) is 21.2 Å². The van der Waals surface area contributed by atoms with Crippen LogP contribution in [0.4, 0.5) is 0 Å². The van der Waals surface area contributed by atoms with Gasteiger partial charge in [-0.25, -0.2) is 8.42 Å². The topological polar surface area (TPSA) is 138 Å². The van der Waals surface area contributed by atoms with Gasteiger partial charge in [0.15, 0.2) is 15.6 Å². The summed E-state index contributed by atoms with van der Waals surface area (Å²) in [5.41, 5.74) is 2.79. The van der Waals surface area contributed by atoms with E-state index in [9.17, 15) is 13.2 Å². The van der Waals surface area contributed by atoms with E-state index in [4.69, 9.17) is 5.11 Å². The predicted octanol–water partition coefficient (Wildman–Crippen LogP) is 0.588. The maximum absolute atomic E-state index is 12.2. The van der Waals surface area contributed by atoms with Crippen LogP contribution in [0.5, 0.6) is 0 Å². The molecule has 1 aromatic heterocycles. The van der Waals surface area contributed by atoms with Gasteiger partial charge < -0.3 is 10.4 Å². The molecular weight excluding hydrogens is 382 g/mol. The average Bonchev–Trinajstić information content (AvgIpc) is 3.21. The second kappa shape index (κ2) is 8.38. The number of aliphatic hydroxyl groups excluding tert-OH is 1. The highest BCUT2D eigenvalue weighted by Gasteiger charge is 2.21. The first-order valence-corrected chi connectivity index (χ1v) is 10.3. The van der Waals surface area contributed by atoms with E-state index in [1.54, 1.807) is 12.1 Å². The summed E-state index contributed by atoms with van der Waals surface area (Å²) in [6.45, 7) is 0.0746. The second-order valence-electron chi connectivity index (χ2n) is 6.18. The summed E-state index contributed by atoms with van der Waals surface area (Å²) in [5.74, 6) is -0.0803. The number of benzene rings is 2. The fraction of sp³-hybridized carbons (Fsp3) is 0.222. The maximum Gasteiger partial charge on any atom is 0.206 e. The molecular formula is C18H19N5O4S. The molecule has 1 heterocycles. The number of ketones is 1. The van der Waals surface area contributed by atoms with Crippen molar-refractivity contribution in [2.45, 2.75) is 11.4 Å². The van der Waals surface area contributed by atoms with Crippen molar-refractivity contribution >= 4 is 15.6 Å². The fourth-order valence-corrected chi connectivity index (χ4v) is 3.68. The van der Waals surface area contributed by atoms with Crippen LogP contribution in [0.15, 0.2) is 47.4 Å². The molecule has 0 aliphatic heterocycles. The summed E-state index contributed by atoms with van der Waals surface area (Å²) in [6, 6.07) is 12.4. The molecule has 3 N–H and O–H groups in total. The molecule has 146 valence electrons. The van der Waals surface area contributed by atoms with Gasteiger partial charge in [-0.2, -0.15) is 5.21 Å². The van der Waals surface area contributed by atoms with Gasteiger partial charge in [0.2, 0.25) is 5.82 Å². The van der Waals surface area contributed by atoms with Gasteiger partial charge >= 0.3 is 0 Å². The Balaban J connectivity index is 1.95.